The molecule has 0 unspecified atom stereocenters. The first kappa shape index (κ1) is 14.3. The molecule has 0 aliphatic heterocycles. The van der Waals surface area contributed by atoms with E-state index in [4.69, 9.17) is 0 Å². The van der Waals surface area contributed by atoms with Gasteiger partial charge >= 0.3 is 0 Å². The SMILES string of the molecule is Cc1cccc(N(C)CC(=O)c2ccc(C)c(C)c2)c1. The van der Waals surface area contributed by atoms with Gasteiger partial charge in [0.25, 0.3) is 0 Å². The summed E-state index contributed by atoms with van der Waals surface area (Å²) < 4.78 is 0. The zero-order chi connectivity index (χ0) is 14.7. The van der Waals surface area contributed by atoms with Crippen molar-refractivity contribution in [2.45, 2.75) is 20.8 Å². The highest BCUT2D eigenvalue weighted by Gasteiger charge is 2.10. The fourth-order valence-corrected chi connectivity index (χ4v) is 2.18. The van der Waals surface area contributed by atoms with Crippen molar-refractivity contribution < 1.29 is 4.79 Å². The molecule has 0 saturated carbocycles. The summed E-state index contributed by atoms with van der Waals surface area (Å²) in [5.74, 6) is 0.150. The number of likely N-dealkylation sites (N-methyl/N-ethyl adjacent to an activating group) is 1. The Labute approximate surface area is 121 Å². The highest BCUT2D eigenvalue weighted by molar-refractivity contribution is 5.99. The summed E-state index contributed by atoms with van der Waals surface area (Å²) in [5, 5.41) is 0. The normalized spacial score (nSPS) is 10.4. The van der Waals surface area contributed by atoms with Gasteiger partial charge in [-0.15, -0.1) is 0 Å². The maximum absolute atomic E-state index is 12.3. The first-order valence-electron chi connectivity index (χ1n) is 6.85. The molecule has 0 amide bonds. The van der Waals surface area contributed by atoms with Crippen LogP contribution < -0.4 is 4.90 Å². The topological polar surface area (TPSA) is 20.3 Å². The van der Waals surface area contributed by atoms with Crippen LogP contribution >= 0.6 is 0 Å². The molecule has 0 saturated heterocycles. The van der Waals surface area contributed by atoms with Crippen LogP contribution in [0.15, 0.2) is 42.5 Å². The number of carbonyl (C=O) groups is 1. The van der Waals surface area contributed by atoms with E-state index in [0.29, 0.717) is 6.54 Å². The van der Waals surface area contributed by atoms with Crippen molar-refractivity contribution in [3.05, 3.63) is 64.7 Å². The summed E-state index contributed by atoms with van der Waals surface area (Å²) in [6, 6.07) is 14.1. The zero-order valence-electron chi connectivity index (χ0n) is 12.6. The minimum absolute atomic E-state index is 0.150. The lowest BCUT2D eigenvalue weighted by Crippen LogP contribution is -2.25. The fourth-order valence-electron chi connectivity index (χ4n) is 2.18. The Hall–Kier alpha value is -2.09. The summed E-state index contributed by atoms with van der Waals surface area (Å²) in [6.45, 7) is 6.55. The van der Waals surface area contributed by atoms with Crippen LogP contribution in [0.2, 0.25) is 0 Å². The Morgan fingerprint density at radius 3 is 2.40 bits per heavy atom. The third-order valence-corrected chi connectivity index (χ3v) is 3.65. The third kappa shape index (κ3) is 3.27. The van der Waals surface area contributed by atoms with Gasteiger partial charge in [-0.1, -0.05) is 24.3 Å². The van der Waals surface area contributed by atoms with Crippen molar-refractivity contribution in [1.82, 2.24) is 0 Å². The molecule has 2 aromatic carbocycles. The van der Waals surface area contributed by atoms with Gasteiger partial charge in [-0.05, 0) is 55.7 Å². The lowest BCUT2D eigenvalue weighted by atomic mass is 10.0. The minimum atomic E-state index is 0.150. The molecule has 20 heavy (non-hydrogen) atoms. The molecule has 0 heterocycles. The highest BCUT2D eigenvalue weighted by atomic mass is 16.1. The average molecular weight is 267 g/mol. The fraction of sp³-hybridized carbons (Fsp3) is 0.278. The third-order valence-electron chi connectivity index (χ3n) is 3.65. The molecule has 0 aliphatic rings. The molecule has 2 aromatic rings. The molecule has 0 aliphatic carbocycles. The number of rotatable bonds is 4. The second-order valence-corrected chi connectivity index (χ2v) is 5.42. The predicted molar refractivity (Wildman–Crippen MR) is 84.7 cm³/mol. The Morgan fingerprint density at radius 2 is 1.75 bits per heavy atom. The standard InChI is InChI=1S/C18H21NO/c1-13-6-5-7-17(10-13)19(4)12-18(20)16-9-8-14(2)15(3)11-16/h5-11H,12H2,1-4H3. The van der Waals surface area contributed by atoms with E-state index >= 15 is 0 Å². The summed E-state index contributed by atoms with van der Waals surface area (Å²) in [5.41, 5.74) is 5.44. The van der Waals surface area contributed by atoms with E-state index in [-0.39, 0.29) is 5.78 Å². The number of benzene rings is 2. The van der Waals surface area contributed by atoms with Gasteiger partial charge in [0.15, 0.2) is 5.78 Å². The van der Waals surface area contributed by atoms with Crippen LogP contribution in [-0.4, -0.2) is 19.4 Å². The maximum Gasteiger partial charge on any atom is 0.182 e. The highest BCUT2D eigenvalue weighted by Crippen LogP contribution is 2.16. The molecule has 0 N–H and O–H groups in total. The molecule has 104 valence electrons. The quantitative estimate of drug-likeness (QED) is 0.782. The van der Waals surface area contributed by atoms with Crippen molar-refractivity contribution in [3.63, 3.8) is 0 Å². The maximum atomic E-state index is 12.3. The van der Waals surface area contributed by atoms with Crippen LogP contribution in [0, 0.1) is 20.8 Å². The van der Waals surface area contributed by atoms with Gasteiger partial charge in [-0.25, -0.2) is 0 Å². The van der Waals surface area contributed by atoms with Crippen molar-refractivity contribution in [1.29, 1.82) is 0 Å². The summed E-state index contributed by atoms with van der Waals surface area (Å²) in [7, 11) is 1.95. The summed E-state index contributed by atoms with van der Waals surface area (Å²) in [6.07, 6.45) is 0. The second-order valence-electron chi connectivity index (χ2n) is 5.42. The van der Waals surface area contributed by atoms with E-state index in [1.54, 1.807) is 0 Å². The van der Waals surface area contributed by atoms with Crippen LogP contribution in [0.4, 0.5) is 5.69 Å². The molecule has 2 heteroatoms. The van der Waals surface area contributed by atoms with E-state index in [1.165, 1.54) is 11.1 Å². The van der Waals surface area contributed by atoms with Gasteiger partial charge in [-0.3, -0.25) is 4.79 Å². The molecule has 0 bridgehead atoms. The van der Waals surface area contributed by atoms with Crippen molar-refractivity contribution in [2.75, 3.05) is 18.5 Å². The first-order chi connectivity index (χ1) is 9.47. The van der Waals surface area contributed by atoms with Crippen LogP contribution in [0.1, 0.15) is 27.0 Å². The summed E-state index contributed by atoms with van der Waals surface area (Å²) in [4.78, 5) is 14.3. The number of ketones is 1. The van der Waals surface area contributed by atoms with Crippen LogP contribution in [-0.2, 0) is 0 Å². The zero-order valence-corrected chi connectivity index (χ0v) is 12.6. The van der Waals surface area contributed by atoms with E-state index in [9.17, 15) is 4.79 Å². The number of nitrogens with zero attached hydrogens (tertiary/aromatic N) is 1. The van der Waals surface area contributed by atoms with Crippen molar-refractivity contribution >= 4 is 11.5 Å². The number of aryl methyl sites for hydroxylation is 3. The molecule has 0 spiro atoms. The lowest BCUT2D eigenvalue weighted by Gasteiger charge is -2.19. The average Bonchev–Trinajstić information content (AvgIpc) is 2.41. The van der Waals surface area contributed by atoms with Crippen LogP contribution in [0.3, 0.4) is 0 Å². The van der Waals surface area contributed by atoms with Crippen molar-refractivity contribution in [2.24, 2.45) is 0 Å². The molecular weight excluding hydrogens is 246 g/mol. The van der Waals surface area contributed by atoms with E-state index < -0.39 is 0 Å². The molecule has 2 nitrogen and oxygen atoms in total. The van der Waals surface area contributed by atoms with Crippen LogP contribution in [0.25, 0.3) is 0 Å². The molecule has 0 aromatic heterocycles. The molecule has 0 atom stereocenters. The molecular formula is C18H21NO. The van der Waals surface area contributed by atoms with Gasteiger partial charge in [0.2, 0.25) is 0 Å². The number of anilines is 1. The molecule has 0 fully saturated rings. The molecule has 2 rings (SSSR count). The van der Waals surface area contributed by atoms with Gasteiger partial charge in [0.1, 0.15) is 0 Å². The second kappa shape index (κ2) is 5.91. The first-order valence-corrected chi connectivity index (χ1v) is 6.85. The van der Waals surface area contributed by atoms with Gasteiger partial charge < -0.3 is 4.90 Å². The Kier molecular flexibility index (Phi) is 4.23. The number of hydrogen-bond donors (Lipinski definition) is 0. The Bertz CT molecular complexity index is 631. The molecule has 0 radical (unpaired) electrons. The lowest BCUT2D eigenvalue weighted by molar-refractivity contribution is 0.100. The van der Waals surface area contributed by atoms with Gasteiger partial charge in [0.05, 0.1) is 6.54 Å². The summed E-state index contributed by atoms with van der Waals surface area (Å²) >= 11 is 0. The minimum Gasteiger partial charge on any atom is -0.367 e. The Balaban J connectivity index is 2.13. The number of Topliss-reactive ketones (excluding diaryl/α,β-unsaturated/α-hetero) is 1. The monoisotopic (exact) mass is 267 g/mol. The van der Waals surface area contributed by atoms with E-state index in [1.807, 2.05) is 49.2 Å². The van der Waals surface area contributed by atoms with Crippen LogP contribution in [0.5, 0.6) is 0 Å². The number of carbonyl (C=O) groups excluding carboxylic acids is 1. The largest absolute Gasteiger partial charge is 0.367 e. The smallest absolute Gasteiger partial charge is 0.182 e. The number of hydrogen-bond acceptors (Lipinski definition) is 2. The van der Waals surface area contributed by atoms with E-state index in [0.717, 1.165) is 16.8 Å². The van der Waals surface area contributed by atoms with Gasteiger partial charge in [0, 0.05) is 18.3 Å². The predicted octanol–water partition coefficient (Wildman–Crippen LogP) is 3.93. The van der Waals surface area contributed by atoms with Crippen molar-refractivity contribution in [3.8, 4) is 0 Å². The van der Waals surface area contributed by atoms with E-state index in [2.05, 4.69) is 26.0 Å². The van der Waals surface area contributed by atoms with Gasteiger partial charge in [-0.2, -0.15) is 0 Å². The Morgan fingerprint density at radius 1 is 1.00 bits per heavy atom.